The Hall–Kier alpha value is -1.32. The van der Waals surface area contributed by atoms with Gasteiger partial charge in [0, 0.05) is 24.3 Å². The smallest absolute Gasteiger partial charge is 0.0522 e. The van der Waals surface area contributed by atoms with Crippen molar-refractivity contribution in [1.82, 2.24) is 15.1 Å². The zero-order valence-corrected chi connectivity index (χ0v) is 13.1. The van der Waals surface area contributed by atoms with Gasteiger partial charge in [-0.3, -0.25) is 4.68 Å². The van der Waals surface area contributed by atoms with E-state index >= 15 is 0 Å². The van der Waals surface area contributed by atoms with Crippen LogP contribution in [0.4, 0.5) is 0 Å². The van der Waals surface area contributed by atoms with Crippen LogP contribution in [0.3, 0.4) is 0 Å². The van der Waals surface area contributed by atoms with Gasteiger partial charge < -0.3 is 5.32 Å². The summed E-state index contributed by atoms with van der Waals surface area (Å²) in [4.78, 5) is 0. The maximum atomic E-state index is 6.19. The highest BCUT2D eigenvalue weighted by molar-refractivity contribution is 6.30. The molecule has 0 radical (unpaired) electrons. The molecule has 4 heteroatoms. The Balaban J connectivity index is 2.21. The predicted octanol–water partition coefficient (Wildman–Crippen LogP) is 3.67. The third-order valence-electron chi connectivity index (χ3n) is 3.31. The number of aryl methyl sites for hydroxylation is 2. The van der Waals surface area contributed by atoms with Gasteiger partial charge in [-0.15, -0.1) is 0 Å². The van der Waals surface area contributed by atoms with Crippen LogP contribution in [0.2, 0.25) is 5.02 Å². The van der Waals surface area contributed by atoms with E-state index < -0.39 is 0 Å². The second-order valence-corrected chi connectivity index (χ2v) is 5.73. The van der Waals surface area contributed by atoms with Crippen LogP contribution in [-0.4, -0.2) is 16.3 Å². The standard InChI is InChI=1S/C16H22ClN3/c1-4-5-18-16(8-13-10-19-20(3)11-13)14-6-12(2)7-15(17)9-14/h6-7,9-11,16,18H,4-5,8H2,1-3H3. The van der Waals surface area contributed by atoms with Crippen molar-refractivity contribution in [1.29, 1.82) is 0 Å². The average molecular weight is 292 g/mol. The van der Waals surface area contributed by atoms with Gasteiger partial charge in [0.1, 0.15) is 0 Å². The van der Waals surface area contributed by atoms with E-state index in [1.165, 1.54) is 16.7 Å². The molecule has 1 aromatic heterocycles. The van der Waals surface area contributed by atoms with Gasteiger partial charge in [0.15, 0.2) is 0 Å². The van der Waals surface area contributed by atoms with E-state index in [-0.39, 0.29) is 6.04 Å². The van der Waals surface area contributed by atoms with Gasteiger partial charge in [0.25, 0.3) is 0 Å². The molecule has 0 aliphatic heterocycles. The minimum absolute atomic E-state index is 0.275. The lowest BCUT2D eigenvalue weighted by Crippen LogP contribution is -2.24. The third-order valence-corrected chi connectivity index (χ3v) is 3.52. The molecule has 1 atom stereocenters. The maximum absolute atomic E-state index is 6.19. The number of halogens is 1. The van der Waals surface area contributed by atoms with Gasteiger partial charge in [-0.2, -0.15) is 5.10 Å². The monoisotopic (exact) mass is 291 g/mol. The van der Waals surface area contributed by atoms with Crippen LogP contribution in [0, 0.1) is 6.92 Å². The van der Waals surface area contributed by atoms with E-state index in [0.29, 0.717) is 0 Å². The Kier molecular flexibility index (Phi) is 5.21. The van der Waals surface area contributed by atoms with E-state index in [1.54, 1.807) is 0 Å². The van der Waals surface area contributed by atoms with E-state index in [0.717, 1.165) is 24.4 Å². The SMILES string of the molecule is CCCNC(Cc1cnn(C)c1)c1cc(C)cc(Cl)c1. The predicted molar refractivity (Wildman–Crippen MR) is 84.1 cm³/mol. The topological polar surface area (TPSA) is 29.9 Å². The molecule has 0 spiro atoms. The highest BCUT2D eigenvalue weighted by Gasteiger charge is 2.13. The average Bonchev–Trinajstić information content (AvgIpc) is 2.79. The first-order valence-electron chi connectivity index (χ1n) is 7.06. The van der Waals surface area contributed by atoms with Gasteiger partial charge in [-0.1, -0.05) is 24.6 Å². The Morgan fingerprint density at radius 2 is 2.15 bits per heavy atom. The highest BCUT2D eigenvalue weighted by Crippen LogP contribution is 2.23. The number of benzene rings is 1. The molecule has 1 N–H and O–H groups in total. The van der Waals surface area contributed by atoms with Crippen LogP contribution in [-0.2, 0) is 13.5 Å². The molecule has 108 valence electrons. The van der Waals surface area contributed by atoms with Crippen molar-refractivity contribution in [2.24, 2.45) is 7.05 Å². The van der Waals surface area contributed by atoms with Crippen LogP contribution in [0.25, 0.3) is 0 Å². The molecule has 0 saturated carbocycles. The normalized spacial score (nSPS) is 12.6. The minimum atomic E-state index is 0.275. The van der Waals surface area contributed by atoms with Gasteiger partial charge in [0.2, 0.25) is 0 Å². The number of hydrogen-bond acceptors (Lipinski definition) is 2. The van der Waals surface area contributed by atoms with Crippen molar-refractivity contribution in [3.8, 4) is 0 Å². The first kappa shape index (κ1) is 15.1. The maximum Gasteiger partial charge on any atom is 0.0522 e. The second kappa shape index (κ2) is 6.91. The summed E-state index contributed by atoms with van der Waals surface area (Å²) in [5.74, 6) is 0. The molecule has 0 fully saturated rings. The molecule has 3 nitrogen and oxygen atoms in total. The Morgan fingerprint density at radius 3 is 2.75 bits per heavy atom. The fourth-order valence-corrected chi connectivity index (χ4v) is 2.70. The summed E-state index contributed by atoms with van der Waals surface area (Å²) in [6.07, 6.45) is 6.03. The van der Waals surface area contributed by atoms with Crippen LogP contribution in [0.1, 0.15) is 36.1 Å². The number of nitrogens with zero attached hydrogens (tertiary/aromatic N) is 2. The van der Waals surface area contributed by atoms with Crippen molar-refractivity contribution in [3.05, 3.63) is 52.3 Å². The van der Waals surface area contributed by atoms with Crippen molar-refractivity contribution < 1.29 is 0 Å². The van der Waals surface area contributed by atoms with Gasteiger partial charge in [-0.05, 0) is 55.1 Å². The summed E-state index contributed by atoms with van der Waals surface area (Å²) < 4.78 is 1.84. The van der Waals surface area contributed by atoms with Gasteiger partial charge in [0.05, 0.1) is 6.20 Å². The minimum Gasteiger partial charge on any atom is -0.310 e. The van der Waals surface area contributed by atoms with Crippen molar-refractivity contribution in [2.75, 3.05) is 6.54 Å². The van der Waals surface area contributed by atoms with Gasteiger partial charge in [-0.25, -0.2) is 0 Å². The summed E-state index contributed by atoms with van der Waals surface area (Å²) in [5, 5.41) is 8.64. The zero-order chi connectivity index (χ0) is 14.5. The molecule has 0 amide bonds. The molecule has 20 heavy (non-hydrogen) atoms. The molecule has 0 bridgehead atoms. The van der Waals surface area contributed by atoms with E-state index in [2.05, 4.69) is 42.6 Å². The number of aromatic nitrogens is 2. The molecule has 1 aromatic carbocycles. The van der Waals surface area contributed by atoms with Crippen LogP contribution in [0.5, 0.6) is 0 Å². The number of rotatable bonds is 6. The Morgan fingerprint density at radius 1 is 1.35 bits per heavy atom. The Labute approximate surface area is 126 Å². The molecule has 2 rings (SSSR count). The fraction of sp³-hybridized carbons (Fsp3) is 0.438. The molecule has 2 aromatic rings. The van der Waals surface area contributed by atoms with Crippen LogP contribution in [0.15, 0.2) is 30.6 Å². The second-order valence-electron chi connectivity index (χ2n) is 5.30. The molecule has 0 aliphatic carbocycles. The van der Waals surface area contributed by atoms with Gasteiger partial charge >= 0.3 is 0 Å². The number of nitrogens with one attached hydrogen (secondary N) is 1. The van der Waals surface area contributed by atoms with E-state index in [1.807, 2.05) is 24.0 Å². The first-order chi connectivity index (χ1) is 9.58. The van der Waals surface area contributed by atoms with Crippen molar-refractivity contribution in [3.63, 3.8) is 0 Å². The first-order valence-corrected chi connectivity index (χ1v) is 7.44. The highest BCUT2D eigenvalue weighted by atomic mass is 35.5. The third kappa shape index (κ3) is 4.09. The quantitative estimate of drug-likeness (QED) is 0.880. The lowest BCUT2D eigenvalue weighted by molar-refractivity contribution is 0.529. The van der Waals surface area contributed by atoms with Crippen LogP contribution >= 0.6 is 11.6 Å². The fourth-order valence-electron chi connectivity index (χ4n) is 2.41. The van der Waals surface area contributed by atoms with Crippen LogP contribution < -0.4 is 5.32 Å². The summed E-state index contributed by atoms with van der Waals surface area (Å²) in [6, 6.07) is 6.52. The molecule has 0 saturated heterocycles. The molecule has 0 aliphatic rings. The summed E-state index contributed by atoms with van der Waals surface area (Å²) in [5.41, 5.74) is 3.67. The zero-order valence-electron chi connectivity index (χ0n) is 12.4. The summed E-state index contributed by atoms with van der Waals surface area (Å²) in [7, 11) is 1.95. The summed E-state index contributed by atoms with van der Waals surface area (Å²) >= 11 is 6.19. The Bertz CT molecular complexity index is 542. The summed E-state index contributed by atoms with van der Waals surface area (Å²) in [6.45, 7) is 5.25. The molecule has 1 unspecified atom stereocenters. The molecular weight excluding hydrogens is 270 g/mol. The lowest BCUT2D eigenvalue weighted by Gasteiger charge is -2.19. The lowest BCUT2D eigenvalue weighted by atomic mass is 9.99. The molecular formula is C16H22ClN3. The largest absolute Gasteiger partial charge is 0.310 e. The number of hydrogen-bond donors (Lipinski definition) is 1. The van der Waals surface area contributed by atoms with Crippen molar-refractivity contribution >= 4 is 11.6 Å². The van der Waals surface area contributed by atoms with Crippen molar-refractivity contribution in [2.45, 2.75) is 32.7 Å². The van der Waals surface area contributed by atoms with E-state index in [4.69, 9.17) is 11.6 Å². The van der Waals surface area contributed by atoms with E-state index in [9.17, 15) is 0 Å². The molecule has 1 heterocycles.